The van der Waals surface area contributed by atoms with Gasteiger partial charge in [0.25, 0.3) is 0 Å². The average molecular weight is 133 g/mol. The first-order valence-electron chi connectivity index (χ1n) is 3.33. The molecule has 1 heterocycles. The molecular weight excluding hydrogens is 122 g/mol. The van der Waals surface area contributed by atoms with Crippen molar-refractivity contribution in [2.75, 3.05) is 13.6 Å². The van der Waals surface area contributed by atoms with Crippen LogP contribution in [0.25, 0.3) is 0 Å². The minimum atomic E-state index is 0.821. The van der Waals surface area contributed by atoms with Crippen LogP contribution >= 0.6 is 0 Å². The zero-order valence-corrected chi connectivity index (χ0v) is 6.39. The van der Waals surface area contributed by atoms with Crippen molar-refractivity contribution in [1.82, 2.24) is 4.90 Å². The molecule has 0 radical (unpaired) electrons. The molecule has 0 fully saturated rings. The summed E-state index contributed by atoms with van der Waals surface area (Å²) in [6, 6.07) is 0. The van der Waals surface area contributed by atoms with Gasteiger partial charge in [-0.3, -0.25) is 0 Å². The summed E-state index contributed by atoms with van der Waals surface area (Å²) >= 11 is 0. The predicted molar refractivity (Wildman–Crippen MR) is 43.3 cm³/mol. The van der Waals surface area contributed by atoms with E-state index in [1.54, 1.807) is 0 Å². The smallest absolute Gasteiger partial charge is 0.0789 e. The van der Waals surface area contributed by atoms with E-state index >= 15 is 0 Å². The van der Waals surface area contributed by atoms with Gasteiger partial charge >= 0.3 is 0 Å². The number of allylic oxidation sites excluding steroid dienone is 3. The molecule has 10 heavy (non-hydrogen) atoms. The Morgan fingerprint density at radius 3 is 3.20 bits per heavy atom. The van der Waals surface area contributed by atoms with Crippen molar-refractivity contribution in [2.45, 2.75) is 6.92 Å². The average Bonchev–Trinajstić information content (AvgIpc) is 1.84. The molecule has 0 aromatic rings. The van der Waals surface area contributed by atoms with E-state index in [0.717, 1.165) is 12.1 Å². The Hall–Kier alpha value is -1.16. The van der Waals surface area contributed by atoms with Crippen LogP contribution in [0.5, 0.6) is 0 Å². The quantitative estimate of drug-likeness (QED) is 0.451. The van der Waals surface area contributed by atoms with Gasteiger partial charge in [0, 0.05) is 7.05 Å². The van der Waals surface area contributed by atoms with Crippen molar-refractivity contribution in [3.8, 4) is 11.8 Å². The second-order valence-corrected chi connectivity index (χ2v) is 2.41. The molecule has 0 unspecified atom stereocenters. The highest BCUT2D eigenvalue weighted by Gasteiger charge is 1.87. The van der Waals surface area contributed by atoms with E-state index in [-0.39, 0.29) is 0 Å². The van der Waals surface area contributed by atoms with Crippen LogP contribution in [0.3, 0.4) is 0 Å². The molecule has 0 saturated heterocycles. The molecule has 1 heteroatoms. The molecule has 0 aromatic heterocycles. The first kappa shape index (κ1) is 6.95. The normalized spacial score (nSPS) is 16.6. The van der Waals surface area contributed by atoms with E-state index in [1.807, 2.05) is 32.3 Å². The molecular formula is C9H11N. The van der Waals surface area contributed by atoms with Crippen molar-refractivity contribution in [1.29, 1.82) is 0 Å². The van der Waals surface area contributed by atoms with Crippen molar-refractivity contribution >= 4 is 0 Å². The Labute approximate surface area is 62.0 Å². The van der Waals surface area contributed by atoms with Gasteiger partial charge in [-0.25, -0.2) is 0 Å². The SMILES string of the molecule is CC1=CC=CN(C)CC#C1. The lowest BCUT2D eigenvalue weighted by atomic mass is 10.2. The second kappa shape index (κ2) is 3.12. The summed E-state index contributed by atoms with van der Waals surface area (Å²) in [6.45, 7) is 2.84. The Bertz CT molecular complexity index is 225. The van der Waals surface area contributed by atoms with E-state index in [2.05, 4.69) is 16.7 Å². The van der Waals surface area contributed by atoms with Crippen LogP contribution in [0.15, 0.2) is 23.9 Å². The second-order valence-electron chi connectivity index (χ2n) is 2.41. The van der Waals surface area contributed by atoms with Gasteiger partial charge in [0.05, 0.1) is 6.54 Å². The third-order valence-corrected chi connectivity index (χ3v) is 1.30. The fraction of sp³-hybridized carbons (Fsp3) is 0.333. The summed E-state index contributed by atoms with van der Waals surface area (Å²) in [6.07, 6.45) is 6.06. The van der Waals surface area contributed by atoms with Crippen LogP contribution in [-0.4, -0.2) is 18.5 Å². The molecule has 0 aromatic carbocycles. The van der Waals surface area contributed by atoms with Gasteiger partial charge in [0.1, 0.15) is 0 Å². The third kappa shape index (κ3) is 1.99. The van der Waals surface area contributed by atoms with Gasteiger partial charge in [-0.2, -0.15) is 0 Å². The van der Waals surface area contributed by atoms with Crippen molar-refractivity contribution < 1.29 is 0 Å². The molecule has 1 nitrogen and oxygen atoms in total. The minimum Gasteiger partial charge on any atom is -0.369 e. The Morgan fingerprint density at radius 2 is 2.40 bits per heavy atom. The summed E-state index contributed by atoms with van der Waals surface area (Å²) in [5, 5.41) is 0. The van der Waals surface area contributed by atoms with E-state index in [0.29, 0.717) is 0 Å². The van der Waals surface area contributed by atoms with E-state index < -0.39 is 0 Å². The molecule has 0 amide bonds. The van der Waals surface area contributed by atoms with Crippen LogP contribution in [0.1, 0.15) is 6.92 Å². The highest BCUT2D eigenvalue weighted by molar-refractivity contribution is 5.31. The van der Waals surface area contributed by atoms with E-state index in [9.17, 15) is 0 Å². The van der Waals surface area contributed by atoms with Crippen LogP contribution in [-0.2, 0) is 0 Å². The lowest BCUT2D eigenvalue weighted by Crippen LogP contribution is -2.10. The van der Waals surface area contributed by atoms with Gasteiger partial charge in [-0.1, -0.05) is 11.8 Å². The summed E-state index contributed by atoms with van der Waals surface area (Å²) in [4.78, 5) is 2.05. The number of hydrogen-bond donors (Lipinski definition) is 0. The van der Waals surface area contributed by atoms with Crippen molar-refractivity contribution in [3.63, 3.8) is 0 Å². The summed E-state index contributed by atoms with van der Waals surface area (Å²) < 4.78 is 0. The zero-order chi connectivity index (χ0) is 7.40. The Balaban J connectivity index is 2.76. The van der Waals surface area contributed by atoms with Gasteiger partial charge < -0.3 is 4.90 Å². The highest BCUT2D eigenvalue weighted by atomic mass is 15.1. The zero-order valence-electron chi connectivity index (χ0n) is 6.39. The van der Waals surface area contributed by atoms with Crippen LogP contribution < -0.4 is 0 Å². The monoisotopic (exact) mass is 133 g/mol. The van der Waals surface area contributed by atoms with Crippen molar-refractivity contribution in [3.05, 3.63) is 23.9 Å². The molecule has 0 N–H and O–H groups in total. The Kier molecular flexibility index (Phi) is 2.17. The third-order valence-electron chi connectivity index (χ3n) is 1.30. The fourth-order valence-corrected chi connectivity index (χ4v) is 0.732. The highest BCUT2D eigenvalue weighted by Crippen LogP contribution is 1.94. The number of nitrogens with zero attached hydrogens (tertiary/aromatic N) is 1. The summed E-state index contributed by atoms with van der Waals surface area (Å²) in [5.41, 5.74) is 1.13. The minimum absolute atomic E-state index is 0.821. The largest absolute Gasteiger partial charge is 0.369 e. The maximum Gasteiger partial charge on any atom is 0.0789 e. The van der Waals surface area contributed by atoms with Gasteiger partial charge in [0.15, 0.2) is 0 Å². The van der Waals surface area contributed by atoms with Crippen LogP contribution in [0.4, 0.5) is 0 Å². The van der Waals surface area contributed by atoms with E-state index in [4.69, 9.17) is 0 Å². The van der Waals surface area contributed by atoms with Gasteiger partial charge in [-0.05, 0) is 30.8 Å². The topological polar surface area (TPSA) is 3.24 Å². The van der Waals surface area contributed by atoms with Gasteiger partial charge in [-0.15, -0.1) is 0 Å². The molecule has 52 valence electrons. The fourth-order valence-electron chi connectivity index (χ4n) is 0.732. The predicted octanol–water partition coefficient (Wildman–Crippen LogP) is 1.40. The van der Waals surface area contributed by atoms with Crippen LogP contribution in [0, 0.1) is 11.8 Å². The van der Waals surface area contributed by atoms with Gasteiger partial charge in [0.2, 0.25) is 0 Å². The molecule has 1 rings (SSSR count). The molecule has 0 saturated carbocycles. The first-order valence-corrected chi connectivity index (χ1v) is 3.33. The maximum atomic E-state index is 3.04. The number of hydrogen-bond acceptors (Lipinski definition) is 1. The standard InChI is InChI=1S/C9H11N/c1-9-5-3-7-10(2)8-4-6-9/h3,5,7H,8H2,1-2H3. The Morgan fingerprint density at radius 1 is 1.60 bits per heavy atom. The molecule has 1 aliphatic heterocycles. The molecule has 1 aliphatic rings. The summed E-state index contributed by atoms with van der Waals surface area (Å²) in [7, 11) is 2.01. The number of rotatable bonds is 0. The van der Waals surface area contributed by atoms with Crippen LogP contribution in [0.2, 0.25) is 0 Å². The summed E-state index contributed by atoms with van der Waals surface area (Å²) in [5.74, 6) is 6.08. The molecule has 0 atom stereocenters. The molecule has 0 aliphatic carbocycles. The lowest BCUT2D eigenvalue weighted by Gasteiger charge is -2.08. The van der Waals surface area contributed by atoms with Crippen molar-refractivity contribution in [2.24, 2.45) is 0 Å². The first-order chi connectivity index (χ1) is 4.79. The molecule has 0 spiro atoms. The van der Waals surface area contributed by atoms with E-state index in [1.165, 1.54) is 0 Å². The lowest BCUT2D eigenvalue weighted by molar-refractivity contribution is 0.517. The molecule has 0 bridgehead atoms. The maximum absolute atomic E-state index is 3.04.